The summed E-state index contributed by atoms with van der Waals surface area (Å²) in [5, 5.41) is 10.9. The first kappa shape index (κ1) is 24.6. The lowest BCUT2D eigenvalue weighted by Gasteiger charge is -2.10. The van der Waals surface area contributed by atoms with Crippen molar-refractivity contribution in [2.75, 3.05) is 6.61 Å². The highest BCUT2D eigenvalue weighted by atomic mass is 19.1. The van der Waals surface area contributed by atoms with Gasteiger partial charge in [-0.1, -0.05) is 6.07 Å². The minimum absolute atomic E-state index is 0.0539. The molecule has 0 unspecified atom stereocenters. The summed E-state index contributed by atoms with van der Waals surface area (Å²) in [6, 6.07) is 11.5. The Labute approximate surface area is 203 Å². The number of carbonyl (C=O) groups is 2. The molecule has 186 valence electrons. The Hall–Kier alpha value is -4.54. The first-order valence-corrected chi connectivity index (χ1v) is 11.1. The van der Waals surface area contributed by atoms with Gasteiger partial charge in [0.15, 0.2) is 12.2 Å². The van der Waals surface area contributed by atoms with Crippen molar-refractivity contribution in [3.05, 3.63) is 92.0 Å². The standard InChI is InChI=1S/C25H22FN3O7/c1-15-11-20(16(2)28(15)18-6-3-5-17(26)12-18)22(30)14-35-24(31)7-4-10-27-21-9-8-19(29(33)34)13-23(21)36-25(27)32/h3,5-6,8-9,11-13H,4,7,10,14H2,1-2H3. The molecule has 2 aromatic carbocycles. The van der Waals surface area contributed by atoms with E-state index >= 15 is 0 Å². The van der Waals surface area contributed by atoms with Crippen molar-refractivity contribution < 1.29 is 28.1 Å². The molecule has 36 heavy (non-hydrogen) atoms. The molecule has 0 atom stereocenters. The predicted molar refractivity (Wildman–Crippen MR) is 127 cm³/mol. The average molecular weight is 495 g/mol. The number of carbonyl (C=O) groups excluding carboxylic acids is 2. The molecule has 0 aliphatic rings. The third-order valence-electron chi connectivity index (χ3n) is 5.79. The zero-order chi connectivity index (χ0) is 26.0. The molecule has 2 aromatic heterocycles. The van der Waals surface area contributed by atoms with Gasteiger partial charge in [0.25, 0.3) is 5.69 Å². The fourth-order valence-corrected chi connectivity index (χ4v) is 4.12. The zero-order valence-electron chi connectivity index (χ0n) is 19.5. The number of nitrogens with zero attached hydrogens (tertiary/aromatic N) is 3. The Balaban J connectivity index is 1.34. The van der Waals surface area contributed by atoms with Gasteiger partial charge in [-0.2, -0.15) is 0 Å². The number of aryl methyl sites for hydroxylation is 2. The number of fused-ring (bicyclic) bond motifs is 1. The van der Waals surface area contributed by atoms with Crippen LogP contribution in [0.5, 0.6) is 0 Å². The highest BCUT2D eigenvalue weighted by Crippen LogP contribution is 2.22. The number of ether oxygens (including phenoxy) is 1. The van der Waals surface area contributed by atoms with Gasteiger partial charge in [-0.3, -0.25) is 24.3 Å². The van der Waals surface area contributed by atoms with E-state index in [4.69, 9.17) is 9.15 Å². The largest absolute Gasteiger partial charge is 0.457 e. The normalized spacial score (nSPS) is 11.1. The number of esters is 1. The lowest BCUT2D eigenvalue weighted by molar-refractivity contribution is -0.384. The van der Waals surface area contributed by atoms with Crippen LogP contribution < -0.4 is 5.76 Å². The van der Waals surface area contributed by atoms with E-state index in [0.29, 0.717) is 22.5 Å². The van der Waals surface area contributed by atoms with E-state index in [1.165, 1.54) is 34.9 Å². The molecule has 11 heteroatoms. The van der Waals surface area contributed by atoms with Gasteiger partial charge in [0, 0.05) is 41.7 Å². The molecular weight excluding hydrogens is 473 g/mol. The second-order valence-electron chi connectivity index (χ2n) is 8.22. The molecule has 10 nitrogen and oxygen atoms in total. The predicted octanol–water partition coefficient (Wildman–Crippen LogP) is 4.26. The van der Waals surface area contributed by atoms with Crippen molar-refractivity contribution in [2.24, 2.45) is 0 Å². The van der Waals surface area contributed by atoms with E-state index in [1.807, 2.05) is 0 Å². The summed E-state index contributed by atoms with van der Waals surface area (Å²) in [6.45, 7) is 3.20. The van der Waals surface area contributed by atoms with Crippen LogP contribution in [0.15, 0.2) is 57.7 Å². The smallest absolute Gasteiger partial charge is 0.419 e. The molecular formula is C25H22FN3O7. The second kappa shape index (κ2) is 9.98. The molecule has 0 aliphatic heterocycles. The first-order valence-electron chi connectivity index (χ1n) is 11.1. The topological polar surface area (TPSA) is 127 Å². The van der Waals surface area contributed by atoms with Crippen LogP contribution in [0.2, 0.25) is 0 Å². The quantitative estimate of drug-likeness (QED) is 0.147. The van der Waals surface area contributed by atoms with Crippen LogP contribution in [0.4, 0.5) is 10.1 Å². The maximum absolute atomic E-state index is 13.6. The summed E-state index contributed by atoms with van der Waals surface area (Å²) in [5.41, 5.74) is 2.54. The summed E-state index contributed by atoms with van der Waals surface area (Å²) in [4.78, 5) is 47.3. The fraction of sp³-hybridized carbons (Fsp3) is 0.240. The Bertz CT molecular complexity index is 1550. The molecule has 0 saturated carbocycles. The number of aromatic nitrogens is 2. The molecule has 0 fully saturated rings. The summed E-state index contributed by atoms with van der Waals surface area (Å²) in [7, 11) is 0. The summed E-state index contributed by atoms with van der Waals surface area (Å²) < 4.78 is 26.8. The molecule has 0 bridgehead atoms. The van der Waals surface area contributed by atoms with Crippen LogP contribution >= 0.6 is 0 Å². The van der Waals surface area contributed by atoms with Crippen LogP contribution in [0.3, 0.4) is 0 Å². The third-order valence-corrected chi connectivity index (χ3v) is 5.79. The lowest BCUT2D eigenvalue weighted by atomic mass is 10.1. The number of nitro groups is 1. The highest BCUT2D eigenvalue weighted by molar-refractivity contribution is 5.99. The van der Waals surface area contributed by atoms with Crippen molar-refractivity contribution in [1.29, 1.82) is 0 Å². The number of hydrogen-bond acceptors (Lipinski definition) is 7. The maximum atomic E-state index is 13.6. The van der Waals surface area contributed by atoms with Crippen LogP contribution in [0.25, 0.3) is 16.8 Å². The molecule has 0 N–H and O–H groups in total. The van der Waals surface area contributed by atoms with Crippen molar-refractivity contribution >= 4 is 28.5 Å². The SMILES string of the molecule is Cc1cc(C(=O)COC(=O)CCCn2c(=O)oc3cc([N+](=O)[O-])ccc32)c(C)n1-c1cccc(F)c1. The summed E-state index contributed by atoms with van der Waals surface area (Å²) in [6.07, 6.45) is 0.175. The maximum Gasteiger partial charge on any atom is 0.419 e. The Morgan fingerprint density at radius 3 is 2.64 bits per heavy atom. The summed E-state index contributed by atoms with van der Waals surface area (Å²) >= 11 is 0. The van der Waals surface area contributed by atoms with Crippen LogP contribution in [0.1, 0.15) is 34.6 Å². The van der Waals surface area contributed by atoms with E-state index in [1.54, 1.807) is 36.6 Å². The first-order chi connectivity index (χ1) is 17.2. The molecule has 0 amide bonds. The second-order valence-corrected chi connectivity index (χ2v) is 8.22. The van der Waals surface area contributed by atoms with E-state index in [9.17, 15) is 28.9 Å². The van der Waals surface area contributed by atoms with Crippen LogP contribution in [-0.2, 0) is 16.1 Å². The number of oxazole rings is 1. The number of Topliss-reactive ketones (excluding diaryl/α,β-unsaturated/α-hetero) is 1. The lowest BCUT2D eigenvalue weighted by Crippen LogP contribution is -2.17. The number of ketones is 1. The van der Waals surface area contributed by atoms with E-state index in [-0.39, 0.29) is 30.7 Å². The fourth-order valence-electron chi connectivity index (χ4n) is 4.12. The molecule has 4 aromatic rings. The number of rotatable bonds is 9. The van der Waals surface area contributed by atoms with Gasteiger partial charge in [-0.05, 0) is 50.6 Å². The molecule has 0 aliphatic carbocycles. The van der Waals surface area contributed by atoms with Crippen molar-refractivity contribution in [1.82, 2.24) is 9.13 Å². The molecule has 2 heterocycles. The number of hydrogen-bond donors (Lipinski definition) is 0. The molecule has 0 radical (unpaired) electrons. The number of non-ortho nitro benzene ring substituents is 1. The average Bonchev–Trinajstić information content (AvgIpc) is 3.31. The van der Waals surface area contributed by atoms with Crippen molar-refractivity contribution in [3.63, 3.8) is 0 Å². The van der Waals surface area contributed by atoms with Crippen LogP contribution in [0, 0.1) is 29.8 Å². The molecule has 0 saturated heterocycles. The summed E-state index contributed by atoms with van der Waals surface area (Å²) in [5.74, 6) is -2.09. The highest BCUT2D eigenvalue weighted by Gasteiger charge is 2.19. The van der Waals surface area contributed by atoms with Gasteiger partial charge in [0.1, 0.15) is 5.82 Å². The number of nitro benzene ring substituents is 1. The molecule has 0 spiro atoms. The minimum atomic E-state index is -0.692. The van der Waals surface area contributed by atoms with Crippen molar-refractivity contribution in [3.8, 4) is 5.69 Å². The van der Waals surface area contributed by atoms with Gasteiger partial charge in [-0.15, -0.1) is 0 Å². The Morgan fingerprint density at radius 1 is 1.14 bits per heavy atom. The Morgan fingerprint density at radius 2 is 1.92 bits per heavy atom. The van der Waals surface area contributed by atoms with Gasteiger partial charge >= 0.3 is 11.7 Å². The van der Waals surface area contributed by atoms with E-state index < -0.39 is 34.9 Å². The monoisotopic (exact) mass is 495 g/mol. The zero-order valence-corrected chi connectivity index (χ0v) is 19.5. The van der Waals surface area contributed by atoms with Gasteiger partial charge in [-0.25, -0.2) is 9.18 Å². The van der Waals surface area contributed by atoms with Gasteiger partial charge < -0.3 is 13.7 Å². The van der Waals surface area contributed by atoms with Gasteiger partial charge in [0.2, 0.25) is 5.78 Å². The van der Waals surface area contributed by atoms with Crippen LogP contribution in [-0.4, -0.2) is 32.4 Å². The van der Waals surface area contributed by atoms with Gasteiger partial charge in [0.05, 0.1) is 16.5 Å². The number of halogens is 1. The minimum Gasteiger partial charge on any atom is -0.457 e. The van der Waals surface area contributed by atoms with Crippen molar-refractivity contribution in [2.45, 2.75) is 33.2 Å². The van der Waals surface area contributed by atoms with E-state index in [2.05, 4.69) is 0 Å². The van der Waals surface area contributed by atoms with E-state index in [0.717, 1.165) is 5.69 Å². The number of benzene rings is 2. The third kappa shape index (κ3) is 4.95. The molecule has 4 rings (SSSR count). The Kier molecular flexibility index (Phi) is 6.82.